The van der Waals surface area contributed by atoms with E-state index in [1.165, 1.54) is 0 Å². The van der Waals surface area contributed by atoms with Crippen LogP contribution in [0.15, 0.2) is 24.5 Å². The highest BCUT2D eigenvalue weighted by molar-refractivity contribution is 5.86. The monoisotopic (exact) mass is 316 g/mol. The topological polar surface area (TPSA) is 63.2 Å². The summed E-state index contributed by atoms with van der Waals surface area (Å²) in [6, 6.07) is 0. The van der Waals surface area contributed by atoms with Crippen LogP contribution in [0.2, 0.25) is 0 Å². The van der Waals surface area contributed by atoms with Crippen LogP contribution in [0.25, 0.3) is 0 Å². The zero-order chi connectivity index (χ0) is 16.6. The first-order valence-electron chi connectivity index (χ1n) is 7.38. The second kappa shape index (κ2) is 14.6. The second-order valence-corrected chi connectivity index (χ2v) is 4.72. The highest BCUT2D eigenvalue weighted by Gasteiger charge is 2.01. The van der Waals surface area contributed by atoms with E-state index in [0.29, 0.717) is 44.4 Å². The molecule has 0 saturated heterocycles. The van der Waals surface area contributed by atoms with Gasteiger partial charge in [-0.15, -0.1) is 0 Å². The maximum atomic E-state index is 11.1. The van der Waals surface area contributed by atoms with Crippen molar-refractivity contribution in [2.24, 2.45) is 0 Å². The van der Waals surface area contributed by atoms with Gasteiger partial charge in [-0.1, -0.05) is 13.2 Å². The van der Waals surface area contributed by atoms with Gasteiger partial charge in [0.15, 0.2) is 6.79 Å². The number of hydrogen-bond acceptors (Lipinski definition) is 6. The van der Waals surface area contributed by atoms with Crippen LogP contribution in [0.4, 0.5) is 0 Å². The van der Waals surface area contributed by atoms with E-state index in [-0.39, 0.29) is 19.4 Å². The van der Waals surface area contributed by atoms with E-state index in [0.717, 1.165) is 12.8 Å². The van der Waals surface area contributed by atoms with E-state index in [4.69, 9.17) is 23.7 Å². The van der Waals surface area contributed by atoms with Crippen LogP contribution in [-0.2, 0) is 28.5 Å². The van der Waals surface area contributed by atoms with Crippen LogP contribution in [0.3, 0.4) is 0 Å². The lowest BCUT2D eigenvalue weighted by Crippen LogP contribution is -2.11. The highest BCUT2D eigenvalue weighted by Crippen LogP contribution is 1.95. The van der Waals surface area contributed by atoms with Crippen molar-refractivity contribution < 1.29 is 28.5 Å². The van der Waals surface area contributed by atoms with E-state index in [2.05, 4.69) is 13.2 Å². The Labute approximate surface area is 133 Å². The number of carbonyl (C=O) groups is 1. The van der Waals surface area contributed by atoms with Crippen molar-refractivity contribution in [2.45, 2.75) is 26.7 Å². The molecule has 0 aromatic carbocycles. The predicted molar refractivity (Wildman–Crippen MR) is 83.4 cm³/mol. The number of rotatable bonds is 15. The van der Waals surface area contributed by atoms with Gasteiger partial charge in [0.1, 0.15) is 6.61 Å². The Bertz CT molecular complexity index is 327. The Kier molecular flexibility index (Phi) is 13.7. The van der Waals surface area contributed by atoms with Crippen LogP contribution in [-0.4, -0.2) is 52.4 Å². The zero-order valence-corrected chi connectivity index (χ0v) is 13.7. The summed E-state index contributed by atoms with van der Waals surface area (Å²) in [6.45, 7) is 13.7. The number of allylic oxidation sites excluding steroid dienone is 1. The third-order valence-corrected chi connectivity index (χ3v) is 2.40. The Morgan fingerprint density at radius 2 is 1.32 bits per heavy atom. The lowest BCUT2D eigenvalue weighted by atomic mass is 10.3. The number of esters is 1. The summed E-state index contributed by atoms with van der Waals surface area (Å²) in [5.74, 6) is 0.253. The van der Waals surface area contributed by atoms with Gasteiger partial charge in [-0.25, -0.2) is 4.79 Å². The van der Waals surface area contributed by atoms with Gasteiger partial charge >= 0.3 is 5.97 Å². The van der Waals surface area contributed by atoms with Gasteiger partial charge in [0.05, 0.1) is 25.6 Å². The van der Waals surface area contributed by atoms with Crippen molar-refractivity contribution in [3.05, 3.63) is 24.5 Å². The predicted octanol–water partition coefficient (Wildman–Crippen LogP) is 2.44. The third-order valence-electron chi connectivity index (χ3n) is 2.40. The first-order valence-corrected chi connectivity index (χ1v) is 7.38. The van der Waals surface area contributed by atoms with Crippen molar-refractivity contribution in [3.63, 3.8) is 0 Å². The van der Waals surface area contributed by atoms with Crippen molar-refractivity contribution in [2.75, 3.05) is 46.4 Å². The van der Waals surface area contributed by atoms with Crippen LogP contribution >= 0.6 is 0 Å². The summed E-state index contributed by atoms with van der Waals surface area (Å²) in [5.41, 5.74) is 0.396. The SMILES string of the molecule is C=C(C)OCOCCOCCCCOCCOC(=O)C(=C)C. The molecule has 0 N–H and O–H groups in total. The molecule has 0 aliphatic heterocycles. The molecule has 0 atom stereocenters. The first kappa shape index (κ1) is 20.6. The molecule has 0 bridgehead atoms. The Morgan fingerprint density at radius 3 is 1.86 bits per heavy atom. The average molecular weight is 316 g/mol. The summed E-state index contributed by atoms with van der Waals surface area (Å²) in [6.07, 6.45) is 1.81. The fourth-order valence-corrected chi connectivity index (χ4v) is 1.25. The minimum atomic E-state index is -0.382. The number of hydrogen-bond donors (Lipinski definition) is 0. The molecule has 0 amide bonds. The summed E-state index contributed by atoms with van der Waals surface area (Å²) in [4.78, 5) is 11.1. The fourth-order valence-electron chi connectivity index (χ4n) is 1.25. The number of carbonyl (C=O) groups excluding carboxylic acids is 1. The maximum absolute atomic E-state index is 11.1. The lowest BCUT2D eigenvalue weighted by Gasteiger charge is -2.08. The molecule has 6 nitrogen and oxygen atoms in total. The van der Waals surface area contributed by atoms with Crippen molar-refractivity contribution >= 4 is 5.97 Å². The minimum Gasteiger partial charge on any atom is -0.473 e. The van der Waals surface area contributed by atoms with E-state index in [1.807, 2.05) is 0 Å². The van der Waals surface area contributed by atoms with Crippen LogP contribution in [0, 0.1) is 0 Å². The molecule has 0 unspecified atom stereocenters. The number of unbranched alkanes of at least 4 members (excludes halogenated alkanes) is 1. The Morgan fingerprint density at radius 1 is 0.773 bits per heavy atom. The fraction of sp³-hybridized carbons (Fsp3) is 0.688. The lowest BCUT2D eigenvalue weighted by molar-refractivity contribution is -0.140. The highest BCUT2D eigenvalue weighted by atomic mass is 16.7. The van der Waals surface area contributed by atoms with Gasteiger partial charge in [-0.2, -0.15) is 0 Å². The van der Waals surface area contributed by atoms with E-state index in [1.54, 1.807) is 13.8 Å². The molecule has 128 valence electrons. The second-order valence-electron chi connectivity index (χ2n) is 4.72. The molecule has 0 fully saturated rings. The van der Waals surface area contributed by atoms with E-state index in [9.17, 15) is 4.79 Å². The summed E-state index contributed by atoms with van der Waals surface area (Å²) >= 11 is 0. The van der Waals surface area contributed by atoms with Crippen LogP contribution in [0.1, 0.15) is 26.7 Å². The van der Waals surface area contributed by atoms with E-state index >= 15 is 0 Å². The smallest absolute Gasteiger partial charge is 0.333 e. The summed E-state index contributed by atoms with van der Waals surface area (Å²) < 4.78 is 25.8. The maximum Gasteiger partial charge on any atom is 0.333 e. The summed E-state index contributed by atoms with van der Waals surface area (Å²) in [5, 5.41) is 0. The normalized spacial score (nSPS) is 10.3. The summed E-state index contributed by atoms with van der Waals surface area (Å²) in [7, 11) is 0. The molecule has 0 radical (unpaired) electrons. The molecule has 0 rings (SSSR count). The first-order chi connectivity index (χ1) is 10.5. The van der Waals surface area contributed by atoms with Gasteiger partial charge in [0.25, 0.3) is 0 Å². The van der Waals surface area contributed by atoms with Crippen LogP contribution in [0.5, 0.6) is 0 Å². The Hall–Kier alpha value is -1.37. The zero-order valence-electron chi connectivity index (χ0n) is 13.7. The van der Waals surface area contributed by atoms with Crippen LogP contribution < -0.4 is 0 Å². The molecule has 22 heavy (non-hydrogen) atoms. The molecule has 0 heterocycles. The van der Waals surface area contributed by atoms with Gasteiger partial charge in [-0.05, 0) is 26.7 Å². The molecule has 6 heteroatoms. The molecule has 0 spiro atoms. The Balaban J connectivity index is 3.10. The van der Waals surface area contributed by atoms with Gasteiger partial charge in [-0.3, -0.25) is 0 Å². The molecule has 0 saturated carbocycles. The van der Waals surface area contributed by atoms with Crippen molar-refractivity contribution in [1.82, 2.24) is 0 Å². The quantitative estimate of drug-likeness (QED) is 0.152. The van der Waals surface area contributed by atoms with Crippen molar-refractivity contribution in [1.29, 1.82) is 0 Å². The third kappa shape index (κ3) is 15.0. The van der Waals surface area contributed by atoms with Crippen molar-refractivity contribution in [3.8, 4) is 0 Å². The molecule has 0 aromatic rings. The largest absolute Gasteiger partial charge is 0.473 e. The van der Waals surface area contributed by atoms with Gasteiger partial charge in [0.2, 0.25) is 0 Å². The number of ether oxygens (including phenoxy) is 5. The molecule has 0 aromatic heterocycles. The van der Waals surface area contributed by atoms with Gasteiger partial charge < -0.3 is 23.7 Å². The molecule has 0 aliphatic rings. The van der Waals surface area contributed by atoms with Gasteiger partial charge in [0, 0.05) is 18.8 Å². The molecular formula is C16H28O6. The average Bonchev–Trinajstić information content (AvgIpc) is 2.46. The molecular weight excluding hydrogens is 288 g/mol. The van der Waals surface area contributed by atoms with E-state index < -0.39 is 0 Å². The minimum absolute atomic E-state index is 0.211. The molecule has 0 aliphatic carbocycles. The standard InChI is InChI=1S/C16H28O6/c1-14(2)16(17)21-12-11-19-8-6-5-7-18-9-10-20-13-22-15(3)4/h1,3,5-13H2,2,4H3.